The van der Waals surface area contributed by atoms with Crippen molar-refractivity contribution in [2.75, 3.05) is 20.3 Å². The third-order valence-electron chi connectivity index (χ3n) is 3.55. The van der Waals surface area contributed by atoms with Gasteiger partial charge in [0, 0.05) is 19.3 Å². The summed E-state index contributed by atoms with van der Waals surface area (Å²) in [5, 5.41) is 4.68. The molecule has 0 aromatic heterocycles. The molecule has 2 atom stereocenters. The summed E-state index contributed by atoms with van der Waals surface area (Å²) in [7, 11) is 2.00. The molecule has 0 aliphatic carbocycles. The standard InChI is InChI=1S/C14H19Cl2NO/c1-17-12(7-10-5-6-18-9-10)8-11-3-2-4-13(15)14(11)16/h2-4,10,12,17H,5-9H2,1H3. The SMILES string of the molecule is CNC(Cc1cccc(Cl)c1Cl)CC1CCOC1. The fourth-order valence-corrected chi connectivity index (χ4v) is 2.84. The number of likely N-dealkylation sites (N-methyl/N-ethyl adjacent to an activating group) is 1. The fourth-order valence-electron chi connectivity index (χ4n) is 2.45. The molecule has 1 aliphatic rings. The minimum Gasteiger partial charge on any atom is -0.381 e. The number of nitrogens with one attached hydrogen (secondary N) is 1. The molecule has 2 nitrogen and oxygen atoms in total. The summed E-state index contributed by atoms with van der Waals surface area (Å²) < 4.78 is 5.42. The maximum Gasteiger partial charge on any atom is 0.0624 e. The Balaban J connectivity index is 1.98. The van der Waals surface area contributed by atoms with E-state index in [1.807, 2.05) is 25.2 Å². The predicted molar refractivity (Wildman–Crippen MR) is 76.6 cm³/mol. The number of rotatable bonds is 5. The highest BCUT2D eigenvalue weighted by Gasteiger charge is 2.20. The lowest BCUT2D eigenvalue weighted by atomic mass is 9.94. The van der Waals surface area contributed by atoms with Gasteiger partial charge in [0.2, 0.25) is 0 Å². The molecule has 1 N–H and O–H groups in total. The summed E-state index contributed by atoms with van der Waals surface area (Å²) >= 11 is 12.3. The quantitative estimate of drug-likeness (QED) is 0.894. The number of hydrogen-bond acceptors (Lipinski definition) is 2. The van der Waals surface area contributed by atoms with Crippen molar-refractivity contribution >= 4 is 23.2 Å². The second-order valence-electron chi connectivity index (χ2n) is 4.87. The van der Waals surface area contributed by atoms with E-state index < -0.39 is 0 Å². The van der Waals surface area contributed by atoms with E-state index in [1.54, 1.807) is 0 Å². The van der Waals surface area contributed by atoms with Crippen LogP contribution in [-0.2, 0) is 11.2 Å². The zero-order chi connectivity index (χ0) is 13.0. The molecule has 2 rings (SSSR count). The molecule has 18 heavy (non-hydrogen) atoms. The number of hydrogen-bond donors (Lipinski definition) is 1. The van der Waals surface area contributed by atoms with Crippen LogP contribution in [0.5, 0.6) is 0 Å². The van der Waals surface area contributed by atoms with Crippen molar-refractivity contribution in [3.8, 4) is 0 Å². The van der Waals surface area contributed by atoms with E-state index in [9.17, 15) is 0 Å². The van der Waals surface area contributed by atoms with Crippen LogP contribution in [0.4, 0.5) is 0 Å². The molecule has 1 fully saturated rings. The molecular weight excluding hydrogens is 269 g/mol. The first-order valence-corrected chi connectivity index (χ1v) is 7.14. The van der Waals surface area contributed by atoms with Crippen LogP contribution < -0.4 is 5.32 Å². The first kappa shape index (κ1) is 14.1. The van der Waals surface area contributed by atoms with Crippen molar-refractivity contribution < 1.29 is 4.74 Å². The van der Waals surface area contributed by atoms with Gasteiger partial charge < -0.3 is 10.1 Å². The Bertz CT molecular complexity index is 391. The van der Waals surface area contributed by atoms with Gasteiger partial charge in [0.15, 0.2) is 0 Å². The molecule has 100 valence electrons. The Labute approximate surface area is 119 Å². The lowest BCUT2D eigenvalue weighted by Crippen LogP contribution is -2.30. The van der Waals surface area contributed by atoms with E-state index in [0.717, 1.165) is 31.6 Å². The number of halogens is 2. The van der Waals surface area contributed by atoms with Gasteiger partial charge in [0.1, 0.15) is 0 Å². The molecule has 1 aromatic carbocycles. The van der Waals surface area contributed by atoms with Gasteiger partial charge >= 0.3 is 0 Å². The molecule has 1 saturated heterocycles. The Kier molecular flexibility index (Phi) is 5.31. The zero-order valence-corrected chi connectivity index (χ0v) is 12.1. The summed E-state index contributed by atoms with van der Waals surface area (Å²) in [5.41, 5.74) is 1.11. The van der Waals surface area contributed by atoms with Gasteiger partial charge in [-0.05, 0) is 43.9 Å². The summed E-state index contributed by atoms with van der Waals surface area (Å²) in [5.74, 6) is 0.667. The van der Waals surface area contributed by atoms with Gasteiger partial charge in [-0.1, -0.05) is 35.3 Å². The lowest BCUT2D eigenvalue weighted by Gasteiger charge is -2.20. The molecule has 0 bridgehead atoms. The Morgan fingerprint density at radius 2 is 2.28 bits per heavy atom. The minimum atomic E-state index is 0.424. The van der Waals surface area contributed by atoms with Gasteiger partial charge in [-0.3, -0.25) is 0 Å². The average Bonchev–Trinajstić information content (AvgIpc) is 2.86. The lowest BCUT2D eigenvalue weighted by molar-refractivity contribution is 0.181. The van der Waals surface area contributed by atoms with Crippen LogP contribution in [-0.4, -0.2) is 26.3 Å². The van der Waals surface area contributed by atoms with E-state index in [-0.39, 0.29) is 0 Å². The Morgan fingerprint density at radius 3 is 2.94 bits per heavy atom. The van der Waals surface area contributed by atoms with E-state index in [2.05, 4.69) is 5.32 Å². The normalized spacial score (nSPS) is 21.2. The summed E-state index contributed by atoms with van der Waals surface area (Å²) in [4.78, 5) is 0. The summed E-state index contributed by atoms with van der Waals surface area (Å²) in [6.45, 7) is 1.79. The Morgan fingerprint density at radius 1 is 1.44 bits per heavy atom. The molecule has 0 radical (unpaired) electrons. The van der Waals surface area contributed by atoms with Gasteiger partial charge in [-0.2, -0.15) is 0 Å². The summed E-state index contributed by atoms with van der Waals surface area (Å²) in [6.07, 6.45) is 3.20. The highest BCUT2D eigenvalue weighted by molar-refractivity contribution is 6.42. The van der Waals surface area contributed by atoms with Crippen molar-refractivity contribution in [3.05, 3.63) is 33.8 Å². The first-order chi connectivity index (χ1) is 8.70. The van der Waals surface area contributed by atoms with Gasteiger partial charge in [0.05, 0.1) is 10.0 Å². The van der Waals surface area contributed by atoms with Crippen LogP contribution in [0.3, 0.4) is 0 Å². The van der Waals surface area contributed by atoms with Crippen molar-refractivity contribution in [1.82, 2.24) is 5.32 Å². The Hall–Kier alpha value is -0.280. The van der Waals surface area contributed by atoms with Crippen molar-refractivity contribution in [1.29, 1.82) is 0 Å². The molecule has 2 unspecified atom stereocenters. The van der Waals surface area contributed by atoms with E-state index in [0.29, 0.717) is 22.0 Å². The van der Waals surface area contributed by atoms with Crippen LogP contribution in [0.15, 0.2) is 18.2 Å². The molecule has 1 heterocycles. The van der Waals surface area contributed by atoms with Gasteiger partial charge in [-0.15, -0.1) is 0 Å². The third kappa shape index (κ3) is 3.61. The topological polar surface area (TPSA) is 21.3 Å². The molecule has 0 spiro atoms. The maximum atomic E-state index is 6.23. The highest BCUT2D eigenvalue weighted by Crippen LogP contribution is 2.28. The largest absolute Gasteiger partial charge is 0.381 e. The monoisotopic (exact) mass is 287 g/mol. The van der Waals surface area contributed by atoms with Crippen LogP contribution in [0.1, 0.15) is 18.4 Å². The maximum absolute atomic E-state index is 6.23. The molecule has 1 aliphatic heterocycles. The zero-order valence-electron chi connectivity index (χ0n) is 10.6. The third-order valence-corrected chi connectivity index (χ3v) is 4.41. The molecular formula is C14H19Cl2NO. The van der Waals surface area contributed by atoms with Crippen molar-refractivity contribution in [3.63, 3.8) is 0 Å². The average molecular weight is 288 g/mol. The molecule has 1 aromatic rings. The second-order valence-corrected chi connectivity index (χ2v) is 5.65. The van der Waals surface area contributed by atoms with Crippen molar-refractivity contribution in [2.24, 2.45) is 5.92 Å². The fraction of sp³-hybridized carbons (Fsp3) is 0.571. The van der Waals surface area contributed by atoms with Gasteiger partial charge in [0.25, 0.3) is 0 Å². The number of ether oxygens (including phenoxy) is 1. The van der Waals surface area contributed by atoms with E-state index >= 15 is 0 Å². The molecule has 0 saturated carbocycles. The molecule has 4 heteroatoms. The van der Waals surface area contributed by atoms with E-state index in [1.165, 1.54) is 6.42 Å². The van der Waals surface area contributed by atoms with Gasteiger partial charge in [-0.25, -0.2) is 0 Å². The van der Waals surface area contributed by atoms with Crippen molar-refractivity contribution in [2.45, 2.75) is 25.3 Å². The second kappa shape index (κ2) is 6.76. The van der Waals surface area contributed by atoms with Crippen LogP contribution in [0, 0.1) is 5.92 Å². The number of benzene rings is 1. The smallest absolute Gasteiger partial charge is 0.0624 e. The van der Waals surface area contributed by atoms with E-state index in [4.69, 9.17) is 27.9 Å². The minimum absolute atomic E-state index is 0.424. The highest BCUT2D eigenvalue weighted by atomic mass is 35.5. The van der Waals surface area contributed by atoms with Crippen LogP contribution in [0.25, 0.3) is 0 Å². The first-order valence-electron chi connectivity index (χ1n) is 6.38. The van der Waals surface area contributed by atoms with Crippen LogP contribution >= 0.6 is 23.2 Å². The predicted octanol–water partition coefficient (Wildman–Crippen LogP) is 3.55. The van der Waals surface area contributed by atoms with Crippen LogP contribution in [0.2, 0.25) is 10.0 Å². The summed E-state index contributed by atoms with van der Waals surface area (Å²) in [6, 6.07) is 6.25. The molecule has 0 amide bonds.